The average Bonchev–Trinajstić information content (AvgIpc) is 1.64. The molecule has 0 spiro atoms. The molecule has 0 aromatic heterocycles. The first-order valence-corrected chi connectivity index (χ1v) is 2.21. The third-order valence-electron chi connectivity index (χ3n) is 0.756. The lowest BCUT2D eigenvalue weighted by atomic mass is 10.4. The molecule has 0 aromatic carbocycles. The number of aliphatic hydroxyl groups excluding tert-OH is 2. The standard InChI is InChI=1S/C5H6O3/c6-4-2-1-3-5(7)8-4/h1-4,6-7H. The van der Waals surface area contributed by atoms with Gasteiger partial charge in [0, 0.05) is 6.08 Å². The molecule has 0 bridgehead atoms. The Morgan fingerprint density at radius 1 is 1.62 bits per heavy atom. The maximum Gasteiger partial charge on any atom is 0.279 e. The molecule has 0 radical (unpaired) electrons. The van der Waals surface area contributed by atoms with Gasteiger partial charge in [0.15, 0.2) is 0 Å². The van der Waals surface area contributed by atoms with Crippen LogP contribution in [-0.4, -0.2) is 16.5 Å². The quantitative estimate of drug-likeness (QED) is 0.476. The van der Waals surface area contributed by atoms with Crippen LogP contribution in [0.25, 0.3) is 0 Å². The Morgan fingerprint density at radius 2 is 2.38 bits per heavy atom. The van der Waals surface area contributed by atoms with Crippen molar-refractivity contribution in [2.24, 2.45) is 0 Å². The molecule has 0 saturated carbocycles. The number of rotatable bonds is 0. The monoisotopic (exact) mass is 114 g/mol. The number of allylic oxidation sites excluding steroid dienone is 2. The average molecular weight is 114 g/mol. The van der Waals surface area contributed by atoms with Gasteiger partial charge >= 0.3 is 0 Å². The van der Waals surface area contributed by atoms with E-state index in [0.29, 0.717) is 0 Å². The maximum absolute atomic E-state index is 8.57. The molecule has 44 valence electrons. The lowest BCUT2D eigenvalue weighted by Crippen LogP contribution is -2.09. The zero-order chi connectivity index (χ0) is 5.98. The Labute approximate surface area is 46.5 Å². The van der Waals surface area contributed by atoms with Crippen LogP contribution in [0.5, 0.6) is 0 Å². The first-order valence-electron chi connectivity index (χ1n) is 2.21. The van der Waals surface area contributed by atoms with Crippen LogP contribution in [0.2, 0.25) is 0 Å². The summed E-state index contributed by atoms with van der Waals surface area (Å²) < 4.78 is 4.37. The summed E-state index contributed by atoms with van der Waals surface area (Å²) in [5, 5.41) is 17.1. The van der Waals surface area contributed by atoms with Crippen LogP contribution in [0, 0.1) is 0 Å². The van der Waals surface area contributed by atoms with Crippen molar-refractivity contribution in [3.63, 3.8) is 0 Å². The minimum Gasteiger partial charge on any atom is -0.481 e. The molecule has 8 heavy (non-hydrogen) atoms. The first kappa shape index (κ1) is 5.18. The summed E-state index contributed by atoms with van der Waals surface area (Å²) >= 11 is 0. The molecule has 0 amide bonds. The van der Waals surface area contributed by atoms with Gasteiger partial charge in [0.1, 0.15) is 0 Å². The van der Waals surface area contributed by atoms with E-state index in [9.17, 15) is 0 Å². The van der Waals surface area contributed by atoms with Crippen LogP contribution >= 0.6 is 0 Å². The number of hydrogen-bond acceptors (Lipinski definition) is 3. The molecule has 0 aliphatic carbocycles. The highest BCUT2D eigenvalue weighted by atomic mass is 16.7. The molecule has 3 nitrogen and oxygen atoms in total. The Kier molecular flexibility index (Phi) is 1.22. The summed E-state index contributed by atoms with van der Waals surface area (Å²) in [6.45, 7) is 0. The highest BCUT2D eigenvalue weighted by Crippen LogP contribution is 2.03. The molecule has 1 unspecified atom stereocenters. The topological polar surface area (TPSA) is 49.7 Å². The van der Waals surface area contributed by atoms with E-state index in [0.717, 1.165) is 0 Å². The van der Waals surface area contributed by atoms with Gasteiger partial charge < -0.3 is 14.9 Å². The van der Waals surface area contributed by atoms with Crippen molar-refractivity contribution in [3.8, 4) is 0 Å². The lowest BCUT2D eigenvalue weighted by molar-refractivity contribution is -0.0702. The molecular formula is C5H6O3. The fourth-order valence-corrected chi connectivity index (χ4v) is 0.435. The van der Waals surface area contributed by atoms with Crippen LogP contribution in [-0.2, 0) is 4.74 Å². The van der Waals surface area contributed by atoms with Crippen molar-refractivity contribution >= 4 is 0 Å². The minimum atomic E-state index is -0.986. The number of ether oxygens (including phenoxy) is 1. The van der Waals surface area contributed by atoms with E-state index in [1.807, 2.05) is 0 Å². The Morgan fingerprint density at radius 3 is 2.75 bits per heavy atom. The molecule has 0 fully saturated rings. The van der Waals surface area contributed by atoms with Gasteiger partial charge in [0.25, 0.3) is 5.95 Å². The van der Waals surface area contributed by atoms with E-state index in [4.69, 9.17) is 10.2 Å². The predicted molar refractivity (Wildman–Crippen MR) is 26.9 cm³/mol. The van der Waals surface area contributed by atoms with E-state index in [1.54, 1.807) is 0 Å². The van der Waals surface area contributed by atoms with Gasteiger partial charge in [-0.15, -0.1) is 0 Å². The molecular weight excluding hydrogens is 108 g/mol. The van der Waals surface area contributed by atoms with Crippen LogP contribution in [0.1, 0.15) is 0 Å². The van der Waals surface area contributed by atoms with Crippen molar-refractivity contribution in [1.82, 2.24) is 0 Å². The normalized spacial score (nSPS) is 26.6. The smallest absolute Gasteiger partial charge is 0.279 e. The van der Waals surface area contributed by atoms with E-state index < -0.39 is 6.29 Å². The highest BCUT2D eigenvalue weighted by molar-refractivity contribution is 5.08. The van der Waals surface area contributed by atoms with Gasteiger partial charge in [-0.2, -0.15) is 0 Å². The number of aliphatic hydroxyl groups is 2. The van der Waals surface area contributed by atoms with E-state index in [1.165, 1.54) is 18.2 Å². The van der Waals surface area contributed by atoms with Crippen LogP contribution in [0.15, 0.2) is 24.2 Å². The van der Waals surface area contributed by atoms with Crippen molar-refractivity contribution in [2.75, 3.05) is 0 Å². The Balaban J connectivity index is 2.59. The summed E-state index contributed by atoms with van der Waals surface area (Å²) in [5.74, 6) is -0.250. The van der Waals surface area contributed by atoms with E-state index in [2.05, 4.69) is 4.74 Å². The lowest BCUT2D eigenvalue weighted by Gasteiger charge is -2.09. The van der Waals surface area contributed by atoms with Crippen LogP contribution < -0.4 is 0 Å². The second kappa shape index (κ2) is 1.88. The van der Waals surface area contributed by atoms with Gasteiger partial charge in [0.2, 0.25) is 6.29 Å². The largest absolute Gasteiger partial charge is 0.481 e. The molecule has 0 aromatic rings. The second-order valence-corrected chi connectivity index (χ2v) is 1.40. The summed E-state index contributed by atoms with van der Waals surface area (Å²) in [6.07, 6.45) is 3.30. The highest BCUT2D eigenvalue weighted by Gasteiger charge is 2.03. The van der Waals surface area contributed by atoms with Gasteiger partial charge in [-0.05, 0) is 6.08 Å². The molecule has 1 aliphatic rings. The maximum atomic E-state index is 8.57. The predicted octanol–water partition coefficient (Wildman–Crippen LogP) is 0.291. The zero-order valence-electron chi connectivity index (χ0n) is 4.11. The van der Waals surface area contributed by atoms with Gasteiger partial charge in [0.05, 0.1) is 0 Å². The van der Waals surface area contributed by atoms with Gasteiger partial charge in [-0.25, -0.2) is 0 Å². The third kappa shape index (κ3) is 1.01. The first-order chi connectivity index (χ1) is 3.79. The van der Waals surface area contributed by atoms with Gasteiger partial charge in [-0.3, -0.25) is 0 Å². The van der Waals surface area contributed by atoms with E-state index in [-0.39, 0.29) is 5.95 Å². The Bertz CT molecular complexity index is 137. The fraction of sp³-hybridized carbons (Fsp3) is 0.200. The summed E-state index contributed by atoms with van der Waals surface area (Å²) in [7, 11) is 0. The molecule has 0 saturated heterocycles. The minimum absolute atomic E-state index is 0.250. The second-order valence-electron chi connectivity index (χ2n) is 1.40. The molecule has 1 rings (SSSR count). The van der Waals surface area contributed by atoms with Crippen molar-refractivity contribution < 1.29 is 14.9 Å². The van der Waals surface area contributed by atoms with Crippen molar-refractivity contribution in [3.05, 3.63) is 24.2 Å². The third-order valence-corrected chi connectivity index (χ3v) is 0.756. The zero-order valence-corrected chi connectivity index (χ0v) is 4.11. The summed E-state index contributed by atoms with van der Waals surface area (Å²) in [6, 6.07) is 0. The van der Waals surface area contributed by atoms with Crippen molar-refractivity contribution in [1.29, 1.82) is 0 Å². The molecule has 1 atom stereocenters. The molecule has 2 N–H and O–H groups in total. The van der Waals surface area contributed by atoms with E-state index >= 15 is 0 Å². The molecule has 1 aliphatic heterocycles. The fourth-order valence-electron chi connectivity index (χ4n) is 0.435. The van der Waals surface area contributed by atoms with Crippen LogP contribution in [0.3, 0.4) is 0 Å². The number of hydrogen-bond donors (Lipinski definition) is 2. The summed E-state index contributed by atoms with van der Waals surface area (Å²) in [5.41, 5.74) is 0. The SMILES string of the molecule is OC1=CC=CC(O)O1. The molecule has 3 heteroatoms. The van der Waals surface area contributed by atoms with Crippen molar-refractivity contribution in [2.45, 2.75) is 6.29 Å². The van der Waals surface area contributed by atoms with Crippen LogP contribution in [0.4, 0.5) is 0 Å². The van der Waals surface area contributed by atoms with Gasteiger partial charge in [-0.1, -0.05) is 6.08 Å². The Hall–Kier alpha value is -0.960. The molecule has 1 heterocycles. The summed E-state index contributed by atoms with van der Waals surface area (Å²) in [4.78, 5) is 0.